The minimum absolute atomic E-state index is 0.148. The Labute approximate surface area is 269 Å². The molecule has 2 heterocycles. The van der Waals surface area contributed by atoms with Gasteiger partial charge in [-0.3, -0.25) is 9.36 Å². The molecule has 0 bridgehead atoms. The summed E-state index contributed by atoms with van der Waals surface area (Å²) in [5, 5.41) is 1.77. The molecule has 0 N–H and O–H groups in total. The summed E-state index contributed by atoms with van der Waals surface area (Å²) in [4.78, 5) is 33.9. The molecule has 0 radical (unpaired) electrons. The molecule has 0 unspecified atom stereocenters. The summed E-state index contributed by atoms with van der Waals surface area (Å²) >= 11 is 1.22. The van der Waals surface area contributed by atoms with E-state index >= 15 is 0 Å². The highest BCUT2D eigenvalue weighted by Crippen LogP contribution is 2.42. The summed E-state index contributed by atoms with van der Waals surface area (Å²) in [6.45, 7) is 1.90. The first kappa shape index (κ1) is 30.7. The largest absolute Gasteiger partial charge is 0.496 e. The number of rotatable bonds is 9. The highest BCUT2D eigenvalue weighted by molar-refractivity contribution is 7.07. The van der Waals surface area contributed by atoms with E-state index < -0.39 is 12.0 Å². The summed E-state index contributed by atoms with van der Waals surface area (Å²) < 4.78 is 30.1. The molecule has 1 aliphatic heterocycles. The van der Waals surface area contributed by atoms with Crippen LogP contribution in [0.2, 0.25) is 0 Å². The van der Waals surface area contributed by atoms with E-state index in [1.807, 2.05) is 66.7 Å². The smallest absolute Gasteiger partial charge is 0.338 e. The van der Waals surface area contributed by atoms with Crippen molar-refractivity contribution < 1.29 is 28.5 Å². The molecule has 0 amide bonds. The number of fused-ring (bicyclic) bond motifs is 2. The van der Waals surface area contributed by atoms with Crippen molar-refractivity contribution in [2.75, 3.05) is 35.0 Å². The van der Waals surface area contributed by atoms with E-state index in [0.29, 0.717) is 49.2 Å². The molecule has 1 aliphatic rings. The zero-order valence-electron chi connectivity index (χ0n) is 26.0. The molecular formula is C36H32N2O7S. The van der Waals surface area contributed by atoms with Crippen LogP contribution in [0, 0.1) is 0 Å². The van der Waals surface area contributed by atoms with Crippen LogP contribution in [0.15, 0.2) is 94.2 Å². The van der Waals surface area contributed by atoms with Gasteiger partial charge < -0.3 is 23.7 Å². The third kappa shape index (κ3) is 5.30. The van der Waals surface area contributed by atoms with Crippen LogP contribution in [0.25, 0.3) is 22.5 Å². The van der Waals surface area contributed by atoms with E-state index in [0.717, 1.165) is 16.3 Å². The molecular weight excluding hydrogens is 604 g/mol. The molecule has 46 heavy (non-hydrogen) atoms. The number of carbonyl (C=O) groups is 1. The average molecular weight is 637 g/mol. The number of aromatic nitrogens is 1. The molecule has 0 aliphatic carbocycles. The standard InChI is InChI=1S/C36H32N2O7S/c1-6-45-35(40)30-31(23-13-8-7-9-14-23)37-36-38(32(30)29-24-15-11-10-12-22(24)16-17-25(29)41-2)34(39)28(46-36)20-21-18-26(42-3)33(44-5)27(19-21)43-4/h7-20,32H,6H2,1-5H3/b28-20-/t32-/m1/s1. The van der Waals surface area contributed by atoms with Crippen LogP contribution in [0.4, 0.5) is 0 Å². The number of hydrogen-bond acceptors (Lipinski definition) is 9. The molecule has 0 spiro atoms. The molecule has 1 atom stereocenters. The van der Waals surface area contributed by atoms with Crippen molar-refractivity contribution in [3.8, 4) is 23.0 Å². The second kappa shape index (κ2) is 12.9. The first-order valence-corrected chi connectivity index (χ1v) is 15.4. The normalized spacial score (nSPS) is 14.5. The first-order chi connectivity index (χ1) is 22.4. The molecule has 0 fully saturated rings. The third-order valence-corrected chi connectivity index (χ3v) is 8.77. The maximum Gasteiger partial charge on any atom is 0.338 e. The summed E-state index contributed by atoms with van der Waals surface area (Å²) in [6, 6.07) is 23.7. The molecule has 9 nitrogen and oxygen atoms in total. The van der Waals surface area contributed by atoms with Gasteiger partial charge in [0.15, 0.2) is 16.3 Å². The van der Waals surface area contributed by atoms with Gasteiger partial charge in [-0.1, -0.05) is 72.0 Å². The second-order valence-electron chi connectivity index (χ2n) is 10.3. The molecule has 234 valence electrons. The monoisotopic (exact) mass is 636 g/mol. The lowest BCUT2D eigenvalue weighted by Gasteiger charge is -2.28. The number of benzene rings is 4. The highest BCUT2D eigenvalue weighted by atomic mass is 32.1. The Morgan fingerprint density at radius 2 is 1.54 bits per heavy atom. The Morgan fingerprint density at radius 1 is 0.870 bits per heavy atom. The number of esters is 1. The Bertz CT molecular complexity index is 2140. The van der Waals surface area contributed by atoms with Gasteiger partial charge in [0.25, 0.3) is 5.56 Å². The van der Waals surface area contributed by atoms with E-state index in [9.17, 15) is 9.59 Å². The van der Waals surface area contributed by atoms with Gasteiger partial charge in [-0.15, -0.1) is 0 Å². The molecule has 6 rings (SSSR count). The summed E-state index contributed by atoms with van der Waals surface area (Å²) in [6.07, 6.45) is 1.75. The maximum atomic E-state index is 14.5. The first-order valence-electron chi connectivity index (χ1n) is 14.6. The number of methoxy groups -OCH3 is 4. The lowest BCUT2D eigenvalue weighted by atomic mass is 9.89. The second-order valence-corrected chi connectivity index (χ2v) is 11.3. The summed E-state index contributed by atoms with van der Waals surface area (Å²) in [5.41, 5.74) is 2.39. The van der Waals surface area contributed by atoms with Crippen molar-refractivity contribution in [1.82, 2.24) is 4.57 Å². The van der Waals surface area contributed by atoms with Crippen molar-refractivity contribution in [3.05, 3.63) is 121 Å². The molecule has 1 aromatic heterocycles. The van der Waals surface area contributed by atoms with E-state index in [2.05, 4.69) is 0 Å². The van der Waals surface area contributed by atoms with Crippen LogP contribution >= 0.6 is 11.3 Å². The minimum atomic E-state index is -0.909. The van der Waals surface area contributed by atoms with Crippen molar-refractivity contribution >= 4 is 39.9 Å². The molecule has 5 aromatic rings. The zero-order valence-corrected chi connectivity index (χ0v) is 26.8. The van der Waals surface area contributed by atoms with Crippen molar-refractivity contribution in [2.24, 2.45) is 4.99 Å². The number of carbonyl (C=O) groups excluding carboxylic acids is 1. The highest BCUT2D eigenvalue weighted by Gasteiger charge is 2.37. The lowest BCUT2D eigenvalue weighted by Crippen LogP contribution is -2.40. The van der Waals surface area contributed by atoms with Gasteiger partial charge in [0.1, 0.15) is 11.8 Å². The van der Waals surface area contributed by atoms with Gasteiger partial charge in [-0.25, -0.2) is 9.79 Å². The zero-order chi connectivity index (χ0) is 32.4. The predicted octanol–water partition coefficient (Wildman–Crippen LogP) is 5.12. The van der Waals surface area contributed by atoms with Crippen molar-refractivity contribution in [3.63, 3.8) is 0 Å². The topological polar surface area (TPSA) is 97.6 Å². The predicted molar refractivity (Wildman–Crippen MR) is 178 cm³/mol. The van der Waals surface area contributed by atoms with Crippen molar-refractivity contribution in [1.29, 1.82) is 0 Å². The number of hydrogen-bond donors (Lipinski definition) is 0. The van der Waals surface area contributed by atoms with Crippen LogP contribution in [-0.2, 0) is 9.53 Å². The Kier molecular flexibility index (Phi) is 8.63. The third-order valence-electron chi connectivity index (χ3n) is 7.78. The molecule has 0 saturated heterocycles. The van der Waals surface area contributed by atoms with Gasteiger partial charge in [0, 0.05) is 11.1 Å². The van der Waals surface area contributed by atoms with Gasteiger partial charge >= 0.3 is 5.97 Å². The van der Waals surface area contributed by atoms with Gasteiger partial charge in [-0.2, -0.15) is 0 Å². The maximum absolute atomic E-state index is 14.5. The quantitative estimate of drug-likeness (QED) is 0.207. The fourth-order valence-corrected chi connectivity index (χ4v) is 6.79. The average Bonchev–Trinajstić information content (AvgIpc) is 3.40. The van der Waals surface area contributed by atoms with Crippen LogP contribution in [0.5, 0.6) is 23.0 Å². The summed E-state index contributed by atoms with van der Waals surface area (Å²) in [5.74, 6) is 1.31. The van der Waals surface area contributed by atoms with E-state index in [4.69, 9.17) is 28.7 Å². The van der Waals surface area contributed by atoms with Crippen LogP contribution < -0.4 is 33.8 Å². The Morgan fingerprint density at radius 3 is 2.20 bits per heavy atom. The van der Waals surface area contributed by atoms with E-state index in [1.165, 1.54) is 32.7 Å². The summed E-state index contributed by atoms with van der Waals surface area (Å²) in [7, 11) is 6.18. The van der Waals surface area contributed by atoms with Crippen LogP contribution in [0.3, 0.4) is 0 Å². The Balaban J connectivity index is 1.72. The van der Waals surface area contributed by atoms with Gasteiger partial charge in [0.2, 0.25) is 5.75 Å². The van der Waals surface area contributed by atoms with Crippen LogP contribution in [-0.4, -0.2) is 45.6 Å². The van der Waals surface area contributed by atoms with E-state index in [-0.39, 0.29) is 17.7 Å². The van der Waals surface area contributed by atoms with Crippen LogP contribution in [0.1, 0.15) is 29.7 Å². The molecule has 0 saturated carbocycles. The van der Waals surface area contributed by atoms with Gasteiger partial charge in [0.05, 0.1) is 50.8 Å². The Hall–Kier alpha value is -5.35. The number of thiazole rings is 1. The van der Waals surface area contributed by atoms with Crippen molar-refractivity contribution in [2.45, 2.75) is 13.0 Å². The fraction of sp³-hybridized carbons (Fsp3) is 0.194. The SMILES string of the molecule is CCOC(=O)C1=C(c2ccccc2)N=c2s/c(=C\c3cc(OC)c(OC)c(OC)c3)c(=O)n2[C@@H]1c1c(OC)ccc2ccccc12. The number of ether oxygens (including phenoxy) is 5. The van der Waals surface area contributed by atoms with Gasteiger partial charge in [-0.05, 0) is 47.5 Å². The fourth-order valence-electron chi connectivity index (χ4n) is 5.79. The molecule has 10 heteroatoms. The molecule has 4 aromatic carbocycles. The number of nitrogens with zero attached hydrogens (tertiary/aromatic N) is 2. The van der Waals surface area contributed by atoms with E-state index in [1.54, 1.807) is 36.8 Å². The lowest BCUT2D eigenvalue weighted by molar-refractivity contribution is -0.138. The minimum Gasteiger partial charge on any atom is -0.496 e.